The van der Waals surface area contributed by atoms with Gasteiger partial charge in [0.25, 0.3) is 0 Å². The fraction of sp³-hybridized carbons (Fsp3) is 1.00. The van der Waals surface area contributed by atoms with Crippen LogP contribution in [0.4, 0.5) is 0 Å². The molecule has 0 radical (unpaired) electrons. The minimum atomic E-state index is 0. The van der Waals surface area contributed by atoms with E-state index in [4.69, 9.17) is 4.74 Å². The summed E-state index contributed by atoms with van der Waals surface area (Å²) in [5.74, 6) is 0. The van der Waals surface area contributed by atoms with Gasteiger partial charge in [-0.05, 0) is 12.8 Å². The SMILES string of the molecule is C1CCOC1.CC(C)NC(C)C.[LiH]. The molecule has 0 aliphatic carbocycles. The molecule has 0 bridgehead atoms. The first-order valence-electron chi connectivity index (χ1n) is 4.96. The Morgan fingerprint density at radius 2 is 1.31 bits per heavy atom. The molecule has 1 rings (SSSR count). The van der Waals surface area contributed by atoms with Crippen LogP contribution in [0.15, 0.2) is 0 Å². The van der Waals surface area contributed by atoms with Gasteiger partial charge in [0, 0.05) is 25.3 Å². The van der Waals surface area contributed by atoms with E-state index in [0.717, 1.165) is 13.2 Å². The maximum atomic E-state index is 4.94. The van der Waals surface area contributed by atoms with Crippen molar-refractivity contribution in [2.24, 2.45) is 0 Å². The molecule has 3 heteroatoms. The van der Waals surface area contributed by atoms with Gasteiger partial charge in [0.05, 0.1) is 0 Å². The monoisotopic (exact) mass is 181 g/mol. The van der Waals surface area contributed by atoms with Gasteiger partial charge in [-0.25, -0.2) is 0 Å². The van der Waals surface area contributed by atoms with Crippen molar-refractivity contribution in [1.29, 1.82) is 0 Å². The van der Waals surface area contributed by atoms with Crippen LogP contribution in [0.3, 0.4) is 0 Å². The van der Waals surface area contributed by atoms with Crippen LogP contribution in [0.25, 0.3) is 0 Å². The second kappa shape index (κ2) is 10.6. The zero-order valence-corrected chi connectivity index (χ0v) is 8.89. The van der Waals surface area contributed by atoms with E-state index < -0.39 is 0 Å². The molecular weight excluding hydrogens is 157 g/mol. The fourth-order valence-corrected chi connectivity index (χ4v) is 1.18. The Morgan fingerprint density at radius 3 is 1.38 bits per heavy atom. The second-order valence-corrected chi connectivity index (χ2v) is 3.80. The van der Waals surface area contributed by atoms with E-state index in [2.05, 4.69) is 33.0 Å². The van der Waals surface area contributed by atoms with E-state index in [1.165, 1.54) is 12.8 Å². The van der Waals surface area contributed by atoms with Crippen molar-refractivity contribution in [3.63, 3.8) is 0 Å². The van der Waals surface area contributed by atoms with Gasteiger partial charge in [-0.2, -0.15) is 0 Å². The molecule has 1 saturated heterocycles. The Hall–Kier alpha value is 0.517. The molecule has 0 unspecified atom stereocenters. The predicted molar refractivity (Wildman–Crippen MR) is 60.6 cm³/mol. The van der Waals surface area contributed by atoms with Crippen molar-refractivity contribution in [3.05, 3.63) is 0 Å². The summed E-state index contributed by atoms with van der Waals surface area (Å²) in [6, 6.07) is 1.25. The molecular formula is C10H24LiNO. The summed E-state index contributed by atoms with van der Waals surface area (Å²) >= 11 is 0. The average Bonchev–Trinajstić information content (AvgIpc) is 2.36. The second-order valence-electron chi connectivity index (χ2n) is 3.80. The van der Waals surface area contributed by atoms with E-state index in [9.17, 15) is 0 Å². The Morgan fingerprint density at radius 1 is 0.923 bits per heavy atom. The molecule has 1 heterocycles. The van der Waals surface area contributed by atoms with Crippen LogP contribution < -0.4 is 5.32 Å². The summed E-state index contributed by atoms with van der Waals surface area (Å²) in [7, 11) is 0. The predicted octanol–water partition coefficient (Wildman–Crippen LogP) is 1.54. The van der Waals surface area contributed by atoms with Crippen LogP contribution >= 0.6 is 0 Å². The Labute approximate surface area is 95.0 Å². The van der Waals surface area contributed by atoms with Gasteiger partial charge in [-0.1, -0.05) is 27.7 Å². The summed E-state index contributed by atoms with van der Waals surface area (Å²) in [6.45, 7) is 10.6. The molecule has 13 heavy (non-hydrogen) atoms. The molecule has 1 aliphatic heterocycles. The van der Waals surface area contributed by atoms with Gasteiger partial charge in [0.2, 0.25) is 0 Å². The molecule has 0 aromatic rings. The fourth-order valence-electron chi connectivity index (χ4n) is 1.18. The first-order valence-corrected chi connectivity index (χ1v) is 4.96. The Kier molecular flexibility index (Phi) is 13.0. The molecule has 0 amide bonds. The van der Waals surface area contributed by atoms with E-state index in [1.54, 1.807) is 0 Å². The van der Waals surface area contributed by atoms with Crippen LogP contribution in [-0.2, 0) is 4.74 Å². The topological polar surface area (TPSA) is 21.3 Å². The first-order chi connectivity index (χ1) is 5.63. The maximum absolute atomic E-state index is 4.94. The third kappa shape index (κ3) is 15.3. The molecule has 1 fully saturated rings. The molecule has 1 aliphatic rings. The van der Waals surface area contributed by atoms with E-state index in [0.29, 0.717) is 12.1 Å². The van der Waals surface area contributed by atoms with Crippen molar-refractivity contribution < 1.29 is 4.74 Å². The van der Waals surface area contributed by atoms with Crippen molar-refractivity contribution in [2.75, 3.05) is 13.2 Å². The first kappa shape index (κ1) is 16.0. The normalized spacial score (nSPS) is 15.2. The number of hydrogen-bond donors (Lipinski definition) is 1. The van der Waals surface area contributed by atoms with Crippen molar-refractivity contribution in [3.8, 4) is 0 Å². The molecule has 0 atom stereocenters. The number of ether oxygens (including phenoxy) is 1. The van der Waals surface area contributed by atoms with E-state index in [-0.39, 0.29) is 18.9 Å². The van der Waals surface area contributed by atoms with E-state index in [1.807, 2.05) is 0 Å². The Bertz CT molecular complexity index is 79.3. The molecule has 0 aromatic heterocycles. The van der Waals surface area contributed by atoms with Gasteiger partial charge in [-0.3, -0.25) is 0 Å². The molecule has 1 N–H and O–H groups in total. The van der Waals surface area contributed by atoms with Gasteiger partial charge in [0.15, 0.2) is 0 Å². The minimum absolute atomic E-state index is 0. The van der Waals surface area contributed by atoms with Crippen LogP contribution in [0.1, 0.15) is 40.5 Å². The quantitative estimate of drug-likeness (QED) is 0.652. The average molecular weight is 181 g/mol. The molecule has 76 valence electrons. The van der Waals surface area contributed by atoms with Gasteiger partial charge < -0.3 is 10.1 Å². The summed E-state index contributed by atoms with van der Waals surface area (Å²) in [6.07, 6.45) is 2.56. The molecule has 0 saturated carbocycles. The Balaban J connectivity index is 0. The molecule has 0 spiro atoms. The van der Waals surface area contributed by atoms with Crippen LogP contribution in [-0.4, -0.2) is 44.2 Å². The van der Waals surface area contributed by atoms with Crippen LogP contribution in [0.2, 0.25) is 0 Å². The van der Waals surface area contributed by atoms with E-state index >= 15 is 0 Å². The summed E-state index contributed by atoms with van der Waals surface area (Å²) in [4.78, 5) is 0. The molecule has 0 aromatic carbocycles. The zero-order valence-electron chi connectivity index (χ0n) is 8.89. The third-order valence-electron chi connectivity index (χ3n) is 1.49. The number of hydrogen-bond acceptors (Lipinski definition) is 2. The van der Waals surface area contributed by atoms with Crippen molar-refractivity contribution in [1.82, 2.24) is 5.32 Å². The summed E-state index contributed by atoms with van der Waals surface area (Å²) in [5, 5.41) is 3.31. The zero-order chi connectivity index (χ0) is 9.40. The standard InChI is InChI=1S/C6H15N.C4H8O.Li.H/c1-5(2)7-6(3)4;1-2-4-5-3-1;;/h5-7H,1-4H3;1-4H2;;. The van der Waals surface area contributed by atoms with Crippen molar-refractivity contribution >= 4 is 18.9 Å². The van der Waals surface area contributed by atoms with Gasteiger partial charge >= 0.3 is 18.9 Å². The molecule has 2 nitrogen and oxygen atoms in total. The van der Waals surface area contributed by atoms with Crippen LogP contribution in [0, 0.1) is 0 Å². The van der Waals surface area contributed by atoms with Crippen LogP contribution in [0.5, 0.6) is 0 Å². The number of nitrogens with one attached hydrogen (secondary N) is 1. The van der Waals surface area contributed by atoms with Gasteiger partial charge in [0.1, 0.15) is 0 Å². The summed E-state index contributed by atoms with van der Waals surface area (Å²) < 4.78 is 4.94. The van der Waals surface area contributed by atoms with Crippen molar-refractivity contribution in [2.45, 2.75) is 52.6 Å². The van der Waals surface area contributed by atoms with Gasteiger partial charge in [-0.15, -0.1) is 0 Å². The third-order valence-corrected chi connectivity index (χ3v) is 1.49. The number of rotatable bonds is 2. The summed E-state index contributed by atoms with van der Waals surface area (Å²) in [5.41, 5.74) is 0.